The second kappa shape index (κ2) is 6.67. The van der Waals surface area contributed by atoms with Crippen molar-refractivity contribution >= 4 is 29.1 Å². The van der Waals surface area contributed by atoms with Crippen molar-refractivity contribution in [2.45, 2.75) is 0 Å². The highest BCUT2D eigenvalue weighted by atomic mass is 32.1. The Labute approximate surface area is 127 Å². The topological polar surface area (TPSA) is 75.2 Å². The van der Waals surface area contributed by atoms with Crippen LogP contribution in [-0.2, 0) is 0 Å². The number of hydrogen-bond acceptors (Lipinski definition) is 3. The zero-order chi connectivity index (χ0) is 15.2. The van der Waals surface area contributed by atoms with Crippen LogP contribution in [-0.4, -0.2) is 28.7 Å². The van der Waals surface area contributed by atoms with Gasteiger partial charge in [-0.3, -0.25) is 25.0 Å². The van der Waals surface area contributed by atoms with E-state index in [9.17, 15) is 9.59 Å². The van der Waals surface area contributed by atoms with Crippen LogP contribution in [0.15, 0.2) is 48.7 Å². The fourth-order valence-corrected chi connectivity index (χ4v) is 1.88. The molecule has 108 valence electrons. The molecule has 0 spiro atoms. The molecule has 0 saturated carbocycles. The summed E-state index contributed by atoms with van der Waals surface area (Å²) >= 11 is 5.07. The minimum atomic E-state index is -0.318. The average Bonchev–Trinajstić information content (AvgIpc) is 2.95. The molecule has 0 aliphatic rings. The third-order valence-corrected chi connectivity index (χ3v) is 2.89. The van der Waals surface area contributed by atoms with E-state index in [2.05, 4.69) is 16.1 Å². The first-order valence-electron chi connectivity index (χ1n) is 6.18. The smallest absolute Gasteiger partial charge is 0.269 e. The largest absolute Gasteiger partial charge is 0.354 e. The van der Waals surface area contributed by atoms with Gasteiger partial charge in [0, 0.05) is 18.8 Å². The number of amides is 2. The van der Waals surface area contributed by atoms with E-state index in [0.717, 1.165) is 0 Å². The molecule has 0 aliphatic heterocycles. The van der Waals surface area contributed by atoms with E-state index in [0.29, 0.717) is 11.3 Å². The highest BCUT2D eigenvalue weighted by molar-refractivity contribution is 7.80. The van der Waals surface area contributed by atoms with E-state index in [1.165, 1.54) is 11.7 Å². The lowest BCUT2D eigenvalue weighted by Gasteiger charge is -2.13. The highest BCUT2D eigenvalue weighted by Crippen LogP contribution is 2.00. The lowest BCUT2D eigenvalue weighted by molar-refractivity contribution is 0.0954. The average molecular weight is 302 g/mol. The van der Waals surface area contributed by atoms with Gasteiger partial charge in [-0.15, -0.1) is 0 Å². The van der Waals surface area contributed by atoms with Crippen LogP contribution in [0.3, 0.4) is 0 Å². The van der Waals surface area contributed by atoms with Crippen LogP contribution in [0, 0.1) is 0 Å². The van der Waals surface area contributed by atoms with E-state index >= 15 is 0 Å². The van der Waals surface area contributed by atoms with Gasteiger partial charge in [0.2, 0.25) is 0 Å². The molecule has 1 heterocycles. The minimum absolute atomic E-state index is 0.102. The lowest BCUT2D eigenvalue weighted by Crippen LogP contribution is -2.39. The van der Waals surface area contributed by atoms with Gasteiger partial charge in [-0.25, -0.2) is 0 Å². The number of aromatic nitrogens is 1. The Bertz CT molecular complexity index is 667. The molecule has 0 radical (unpaired) electrons. The van der Waals surface area contributed by atoms with Gasteiger partial charge < -0.3 is 5.32 Å². The Morgan fingerprint density at radius 3 is 2.43 bits per heavy atom. The standard InChI is InChI=1S/C14H14N4O2S/c1-15-13(20)11-8-5-9-18(11)17-14(21)16-12(19)10-6-3-2-4-7-10/h2-9H,1H3,(H,15,20)(H2,16,17,19,21). The summed E-state index contributed by atoms with van der Waals surface area (Å²) in [6, 6.07) is 12.0. The second-order valence-corrected chi connectivity index (χ2v) is 4.51. The van der Waals surface area contributed by atoms with E-state index in [-0.39, 0.29) is 16.9 Å². The van der Waals surface area contributed by atoms with Crippen molar-refractivity contribution in [3.05, 3.63) is 59.9 Å². The van der Waals surface area contributed by atoms with Gasteiger partial charge in [0.15, 0.2) is 5.11 Å². The molecule has 0 fully saturated rings. The SMILES string of the molecule is CNC(=O)c1cccn1NC(=S)NC(=O)c1ccccc1. The normalized spacial score (nSPS) is 9.76. The van der Waals surface area contributed by atoms with Crippen molar-refractivity contribution in [2.75, 3.05) is 12.5 Å². The van der Waals surface area contributed by atoms with Gasteiger partial charge in [0.1, 0.15) is 5.69 Å². The van der Waals surface area contributed by atoms with E-state index in [4.69, 9.17) is 12.2 Å². The summed E-state index contributed by atoms with van der Waals surface area (Å²) < 4.78 is 1.44. The van der Waals surface area contributed by atoms with Crippen molar-refractivity contribution in [1.82, 2.24) is 15.3 Å². The maximum atomic E-state index is 11.9. The molecule has 6 nitrogen and oxygen atoms in total. The molecule has 1 aromatic heterocycles. The van der Waals surface area contributed by atoms with Crippen molar-refractivity contribution in [2.24, 2.45) is 0 Å². The van der Waals surface area contributed by atoms with Gasteiger partial charge in [0.25, 0.3) is 11.8 Å². The molecule has 0 saturated heterocycles. The van der Waals surface area contributed by atoms with Gasteiger partial charge >= 0.3 is 0 Å². The van der Waals surface area contributed by atoms with E-state index in [1.807, 2.05) is 6.07 Å². The molecule has 0 bridgehead atoms. The number of thiocarbonyl (C=S) groups is 1. The number of benzene rings is 1. The second-order valence-electron chi connectivity index (χ2n) is 4.10. The first-order valence-corrected chi connectivity index (χ1v) is 6.59. The number of hydrogen-bond donors (Lipinski definition) is 3. The summed E-state index contributed by atoms with van der Waals surface area (Å²) in [6.45, 7) is 0. The van der Waals surface area contributed by atoms with Gasteiger partial charge in [-0.1, -0.05) is 18.2 Å². The van der Waals surface area contributed by atoms with Crippen LogP contribution in [0.5, 0.6) is 0 Å². The Morgan fingerprint density at radius 2 is 1.76 bits per heavy atom. The summed E-state index contributed by atoms with van der Waals surface area (Å²) in [5, 5.41) is 5.17. The quantitative estimate of drug-likeness (QED) is 0.742. The zero-order valence-electron chi connectivity index (χ0n) is 11.3. The Kier molecular flexibility index (Phi) is 4.68. The summed E-state index contributed by atoms with van der Waals surface area (Å²) in [6.07, 6.45) is 1.63. The summed E-state index contributed by atoms with van der Waals surface area (Å²) in [7, 11) is 1.54. The minimum Gasteiger partial charge on any atom is -0.354 e. The number of carbonyl (C=O) groups is 2. The lowest BCUT2D eigenvalue weighted by atomic mass is 10.2. The summed E-state index contributed by atoms with van der Waals surface area (Å²) in [5.74, 6) is -0.577. The summed E-state index contributed by atoms with van der Waals surface area (Å²) in [4.78, 5) is 23.5. The van der Waals surface area contributed by atoms with Crippen LogP contribution < -0.4 is 16.1 Å². The first kappa shape index (κ1) is 14.7. The monoisotopic (exact) mass is 302 g/mol. The van der Waals surface area contributed by atoms with Crippen LogP contribution in [0.2, 0.25) is 0 Å². The van der Waals surface area contributed by atoms with E-state index < -0.39 is 0 Å². The van der Waals surface area contributed by atoms with Gasteiger partial charge in [0.05, 0.1) is 0 Å². The van der Waals surface area contributed by atoms with Crippen molar-refractivity contribution in [3.63, 3.8) is 0 Å². The molecule has 3 N–H and O–H groups in total. The molecule has 2 rings (SSSR count). The van der Waals surface area contributed by atoms with Crippen LogP contribution >= 0.6 is 12.2 Å². The number of nitrogens with one attached hydrogen (secondary N) is 3. The van der Waals surface area contributed by atoms with Crippen LogP contribution in [0.25, 0.3) is 0 Å². The molecule has 0 aliphatic carbocycles. The van der Waals surface area contributed by atoms with Gasteiger partial charge in [-0.2, -0.15) is 0 Å². The first-order chi connectivity index (χ1) is 10.1. The van der Waals surface area contributed by atoms with Crippen LogP contribution in [0.4, 0.5) is 0 Å². The Hall–Kier alpha value is -2.67. The third-order valence-electron chi connectivity index (χ3n) is 2.69. The van der Waals surface area contributed by atoms with Crippen molar-refractivity contribution in [3.8, 4) is 0 Å². The number of nitrogens with zero attached hydrogens (tertiary/aromatic N) is 1. The predicted molar refractivity (Wildman–Crippen MR) is 83.7 cm³/mol. The molecule has 21 heavy (non-hydrogen) atoms. The molecule has 1 aromatic carbocycles. The van der Waals surface area contributed by atoms with E-state index in [1.54, 1.807) is 42.6 Å². The van der Waals surface area contributed by atoms with Crippen molar-refractivity contribution < 1.29 is 9.59 Å². The summed E-state index contributed by atoms with van der Waals surface area (Å²) in [5.41, 5.74) is 3.65. The van der Waals surface area contributed by atoms with Crippen molar-refractivity contribution in [1.29, 1.82) is 0 Å². The molecule has 2 amide bonds. The maximum absolute atomic E-state index is 11.9. The third kappa shape index (κ3) is 3.67. The molecule has 2 aromatic rings. The molecular formula is C14H14N4O2S. The van der Waals surface area contributed by atoms with Crippen LogP contribution in [0.1, 0.15) is 20.8 Å². The Morgan fingerprint density at radius 1 is 1.05 bits per heavy atom. The number of carbonyl (C=O) groups excluding carboxylic acids is 2. The Balaban J connectivity index is 2.01. The maximum Gasteiger partial charge on any atom is 0.269 e. The zero-order valence-corrected chi connectivity index (χ0v) is 12.1. The molecule has 0 atom stereocenters. The molecule has 7 heteroatoms. The molecule has 0 unspecified atom stereocenters. The number of rotatable bonds is 3. The molecular weight excluding hydrogens is 288 g/mol. The van der Waals surface area contributed by atoms with Gasteiger partial charge in [-0.05, 0) is 36.5 Å². The fourth-order valence-electron chi connectivity index (χ4n) is 1.69. The fraction of sp³-hybridized carbons (Fsp3) is 0.0714. The predicted octanol–water partition coefficient (Wildman–Crippen LogP) is 1.11. The highest BCUT2D eigenvalue weighted by Gasteiger charge is 2.11.